The van der Waals surface area contributed by atoms with Crippen LogP contribution in [0.25, 0.3) is 0 Å². The molecule has 1 N–H and O–H groups in total. The summed E-state index contributed by atoms with van der Waals surface area (Å²) in [5.74, 6) is -0.796. The summed E-state index contributed by atoms with van der Waals surface area (Å²) in [5, 5.41) is 1.71. The van der Waals surface area contributed by atoms with Crippen LogP contribution in [0, 0.1) is 5.92 Å². The number of carbonyl (C=O) groups excluding carboxylic acids is 2. The predicted molar refractivity (Wildman–Crippen MR) is 54.5 cm³/mol. The van der Waals surface area contributed by atoms with Crippen LogP contribution < -0.4 is 5.32 Å². The number of rotatable bonds is 4. The zero-order chi connectivity index (χ0) is 13.1. The van der Waals surface area contributed by atoms with Crippen LogP contribution in [-0.4, -0.2) is 48.4 Å². The van der Waals surface area contributed by atoms with Crippen molar-refractivity contribution >= 4 is 23.4 Å². The summed E-state index contributed by atoms with van der Waals surface area (Å²) < 4.78 is 35.4. The Morgan fingerprint density at radius 3 is 2.65 bits per heavy atom. The first kappa shape index (κ1) is 14.1. The number of likely N-dealkylation sites (tertiary alicyclic amines) is 1. The van der Waals surface area contributed by atoms with Crippen LogP contribution in [0.4, 0.5) is 13.2 Å². The molecule has 1 atom stereocenters. The van der Waals surface area contributed by atoms with Crippen molar-refractivity contribution in [2.75, 3.05) is 25.5 Å². The Bertz CT molecular complexity index is 309. The quantitative estimate of drug-likeness (QED) is 0.768. The summed E-state index contributed by atoms with van der Waals surface area (Å²) in [6.07, 6.45) is -4.20. The molecular formula is C9H12ClF3N2O2. The van der Waals surface area contributed by atoms with E-state index in [1.165, 1.54) is 4.90 Å². The van der Waals surface area contributed by atoms with Gasteiger partial charge in [-0.3, -0.25) is 9.59 Å². The molecule has 1 unspecified atom stereocenters. The maximum absolute atomic E-state index is 11.8. The Kier molecular flexibility index (Phi) is 4.62. The number of nitrogens with zero attached hydrogens (tertiary/aromatic N) is 1. The van der Waals surface area contributed by atoms with Gasteiger partial charge in [0.25, 0.3) is 0 Å². The number of nitrogens with one attached hydrogen (secondary N) is 1. The van der Waals surface area contributed by atoms with E-state index in [0.717, 1.165) is 0 Å². The number of amides is 2. The third-order valence-corrected chi connectivity index (χ3v) is 2.77. The van der Waals surface area contributed by atoms with E-state index in [1.54, 1.807) is 5.32 Å². The number of halogens is 4. The van der Waals surface area contributed by atoms with Gasteiger partial charge in [0.1, 0.15) is 6.54 Å². The molecular weight excluding hydrogens is 261 g/mol. The third-order valence-electron chi connectivity index (χ3n) is 2.33. The number of carbonyl (C=O) groups is 2. The molecule has 1 aliphatic rings. The van der Waals surface area contributed by atoms with Gasteiger partial charge < -0.3 is 10.2 Å². The standard InChI is InChI=1S/C9H12ClF3N2O2/c10-2-6-1-8(17)15(3-6)4-7(16)14-5-9(11,12)13/h6H,1-5H2,(H,14,16). The lowest BCUT2D eigenvalue weighted by molar-refractivity contribution is -0.141. The molecule has 0 spiro atoms. The number of hydrogen-bond donors (Lipinski definition) is 1. The second-order valence-corrected chi connectivity index (χ2v) is 4.20. The molecule has 98 valence electrons. The molecule has 4 nitrogen and oxygen atoms in total. The number of hydrogen-bond acceptors (Lipinski definition) is 2. The highest BCUT2D eigenvalue weighted by Crippen LogP contribution is 2.18. The fourth-order valence-corrected chi connectivity index (χ4v) is 1.74. The van der Waals surface area contributed by atoms with Gasteiger partial charge in [0.05, 0.1) is 6.54 Å². The third kappa shape index (κ3) is 4.80. The van der Waals surface area contributed by atoms with Gasteiger partial charge in [0.2, 0.25) is 11.8 Å². The van der Waals surface area contributed by atoms with Crippen molar-refractivity contribution in [3.05, 3.63) is 0 Å². The van der Waals surface area contributed by atoms with Gasteiger partial charge >= 0.3 is 6.18 Å². The minimum atomic E-state index is -4.44. The summed E-state index contributed by atoms with van der Waals surface area (Å²) in [6.45, 7) is -1.41. The first-order valence-electron chi connectivity index (χ1n) is 4.99. The lowest BCUT2D eigenvalue weighted by atomic mass is 10.1. The summed E-state index contributed by atoms with van der Waals surface area (Å²) in [6, 6.07) is 0. The molecule has 8 heteroatoms. The van der Waals surface area contributed by atoms with Crippen LogP contribution in [0.2, 0.25) is 0 Å². The Morgan fingerprint density at radius 2 is 2.18 bits per heavy atom. The van der Waals surface area contributed by atoms with Crippen molar-refractivity contribution < 1.29 is 22.8 Å². The Morgan fingerprint density at radius 1 is 1.53 bits per heavy atom. The van der Waals surface area contributed by atoms with Crippen LogP contribution in [0.1, 0.15) is 6.42 Å². The zero-order valence-corrected chi connectivity index (χ0v) is 9.64. The molecule has 0 radical (unpaired) electrons. The first-order chi connectivity index (χ1) is 7.81. The fourth-order valence-electron chi connectivity index (χ4n) is 1.54. The molecule has 1 saturated heterocycles. The Labute approximate surface area is 101 Å². The van der Waals surface area contributed by atoms with Crippen LogP contribution >= 0.6 is 11.6 Å². The van der Waals surface area contributed by atoms with E-state index >= 15 is 0 Å². The Balaban J connectivity index is 2.34. The van der Waals surface area contributed by atoms with E-state index in [0.29, 0.717) is 12.4 Å². The van der Waals surface area contributed by atoms with Crippen LogP contribution in [0.3, 0.4) is 0 Å². The van der Waals surface area contributed by atoms with Crippen molar-refractivity contribution in [2.45, 2.75) is 12.6 Å². The minimum Gasteiger partial charge on any atom is -0.345 e. The van der Waals surface area contributed by atoms with Crippen LogP contribution in [-0.2, 0) is 9.59 Å². The molecule has 17 heavy (non-hydrogen) atoms. The maximum Gasteiger partial charge on any atom is 0.405 e. The summed E-state index contributed by atoms with van der Waals surface area (Å²) in [5.41, 5.74) is 0. The molecule has 1 rings (SSSR count). The molecule has 1 fully saturated rings. The fraction of sp³-hybridized carbons (Fsp3) is 0.778. The highest BCUT2D eigenvalue weighted by atomic mass is 35.5. The molecule has 0 aliphatic carbocycles. The topological polar surface area (TPSA) is 49.4 Å². The second-order valence-electron chi connectivity index (χ2n) is 3.89. The van der Waals surface area contributed by atoms with Gasteiger partial charge in [-0.2, -0.15) is 13.2 Å². The molecule has 2 amide bonds. The van der Waals surface area contributed by atoms with Gasteiger partial charge in [-0.25, -0.2) is 0 Å². The zero-order valence-electron chi connectivity index (χ0n) is 8.89. The van der Waals surface area contributed by atoms with Gasteiger partial charge in [0, 0.05) is 18.8 Å². The van der Waals surface area contributed by atoms with E-state index in [-0.39, 0.29) is 24.8 Å². The van der Waals surface area contributed by atoms with Crippen LogP contribution in [0.5, 0.6) is 0 Å². The average molecular weight is 273 g/mol. The van der Waals surface area contributed by atoms with Crippen molar-refractivity contribution in [1.82, 2.24) is 10.2 Å². The van der Waals surface area contributed by atoms with E-state index in [9.17, 15) is 22.8 Å². The van der Waals surface area contributed by atoms with Gasteiger partial charge in [0.15, 0.2) is 0 Å². The van der Waals surface area contributed by atoms with E-state index in [1.807, 2.05) is 0 Å². The van der Waals surface area contributed by atoms with Gasteiger partial charge in [-0.15, -0.1) is 11.6 Å². The summed E-state index contributed by atoms with van der Waals surface area (Å²) in [7, 11) is 0. The van der Waals surface area contributed by atoms with Crippen molar-refractivity contribution in [1.29, 1.82) is 0 Å². The highest BCUT2D eigenvalue weighted by Gasteiger charge is 2.32. The molecule has 1 aliphatic heterocycles. The van der Waals surface area contributed by atoms with Crippen molar-refractivity contribution in [3.63, 3.8) is 0 Å². The van der Waals surface area contributed by atoms with E-state index in [2.05, 4.69) is 0 Å². The molecule has 0 bridgehead atoms. The van der Waals surface area contributed by atoms with Crippen molar-refractivity contribution in [2.24, 2.45) is 5.92 Å². The van der Waals surface area contributed by atoms with E-state index < -0.39 is 18.6 Å². The molecule has 0 aromatic heterocycles. The Hall–Kier alpha value is -0.980. The van der Waals surface area contributed by atoms with E-state index in [4.69, 9.17) is 11.6 Å². The summed E-state index contributed by atoms with van der Waals surface area (Å²) in [4.78, 5) is 23.7. The van der Waals surface area contributed by atoms with Gasteiger partial charge in [-0.1, -0.05) is 0 Å². The predicted octanol–water partition coefficient (Wildman–Crippen LogP) is 0.752. The SMILES string of the molecule is O=C(CN1CC(CCl)CC1=O)NCC(F)(F)F. The molecule has 1 heterocycles. The first-order valence-corrected chi connectivity index (χ1v) is 5.52. The lowest BCUT2D eigenvalue weighted by Crippen LogP contribution is -2.41. The summed E-state index contributed by atoms with van der Waals surface area (Å²) >= 11 is 5.57. The lowest BCUT2D eigenvalue weighted by Gasteiger charge is -2.16. The highest BCUT2D eigenvalue weighted by molar-refractivity contribution is 6.18. The largest absolute Gasteiger partial charge is 0.405 e. The molecule has 0 aromatic carbocycles. The van der Waals surface area contributed by atoms with Crippen molar-refractivity contribution in [3.8, 4) is 0 Å². The minimum absolute atomic E-state index is 0.0282. The number of alkyl halides is 4. The van der Waals surface area contributed by atoms with Crippen LogP contribution in [0.15, 0.2) is 0 Å². The van der Waals surface area contributed by atoms with Gasteiger partial charge in [-0.05, 0) is 5.92 Å². The molecule has 0 saturated carbocycles. The second kappa shape index (κ2) is 5.57. The molecule has 0 aromatic rings. The average Bonchev–Trinajstić information content (AvgIpc) is 2.56. The monoisotopic (exact) mass is 272 g/mol. The maximum atomic E-state index is 11.8. The normalized spacial score (nSPS) is 20.8. The smallest absolute Gasteiger partial charge is 0.345 e.